The zero-order chi connectivity index (χ0) is 12.0. The molecule has 1 aromatic carbocycles. The minimum absolute atomic E-state index is 0.470. The Kier molecular flexibility index (Phi) is 2.37. The lowest BCUT2D eigenvalue weighted by atomic mass is 9.99. The van der Waals surface area contributed by atoms with Crippen molar-refractivity contribution >= 4 is 10.9 Å². The zero-order valence-electron chi connectivity index (χ0n) is 10.6. The van der Waals surface area contributed by atoms with Crippen LogP contribution >= 0.6 is 0 Å². The Hall–Kier alpha value is -1.48. The molecule has 2 aromatic rings. The van der Waals surface area contributed by atoms with Crippen LogP contribution in [-0.2, 0) is 6.42 Å². The van der Waals surface area contributed by atoms with Crippen LogP contribution in [-0.4, -0.2) is 30.6 Å². The third kappa shape index (κ3) is 1.53. The third-order valence-corrected chi connectivity index (χ3v) is 3.94. The van der Waals surface area contributed by atoms with Gasteiger partial charge in [0.15, 0.2) is 0 Å². The normalized spacial score (nSPS) is 20.5. The number of likely N-dealkylation sites (N-methyl/N-ethyl adjacent to an activating group) is 1. The summed E-state index contributed by atoms with van der Waals surface area (Å²) in [5.74, 6) is 0.914. The second-order valence-corrected chi connectivity index (χ2v) is 4.84. The molecule has 0 bridgehead atoms. The highest BCUT2D eigenvalue weighted by Crippen LogP contribution is 2.34. The number of hydrogen-bond donors (Lipinski definition) is 1. The standard InChI is InChI=1S/C14H18N2O/c1-9-14-12(6-7-16(9)2)11-5-4-10(17-3)8-13(11)15-14/h4-5,8-9,15H,6-7H2,1-3H3. The van der Waals surface area contributed by atoms with Crippen molar-refractivity contribution in [1.29, 1.82) is 0 Å². The monoisotopic (exact) mass is 230 g/mol. The first-order valence-electron chi connectivity index (χ1n) is 6.09. The lowest BCUT2D eigenvalue weighted by Gasteiger charge is -2.29. The van der Waals surface area contributed by atoms with Gasteiger partial charge in [-0.05, 0) is 38.1 Å². The number of benzene rings is 1. The van der Waals surface area contributed by atoms with E-state index in [1.165, 1.54) is 22.2 Å². The number of ether oxygens (including phenoxy) is 1. The van der Waals surface area contributed by atoms with Crippen LogP contribution in [0.25, 0.3) is 10.9 Å². The molecule has 90 valence electrons. The summed E-state index contributed by atoms with van der Waals surface area (Å²) in [7, 11) is 3.89. The zero-order valence-corrected chi connectivity index (χ0v) is 10.6. The van der Waals surface area contributed by atoms with Gasteiger partial charge in [-0.1, -0.05) is 0 Å². The highest BCUT2D eigenvalue weighted by atomic mass is 16.5. The van der Waals surface area contributed by atoms with Crippen molar-refractivity contribution in [3.63, 3.8) is 0 Å². The molecule has 0 saturated carbocycles. The molecule has 3 rings (SSSR count). The Balaban J connectivity index is 2.20. The van der Waals surface area contributed by atoms with E-state index < -0.39 is 0 Å². The molecule has 3 nitrogen and oxygen atoms in total. The second-order valence-electron chi connectivity index (χ2n) is 4.84. The van der Waals surface area contributed by atoms with Crippen molar-refractivity contribution in [1.82, 2.24) is 9.88 Å². The Labute approximate surface area is 101 Å². The molecule has 1 aromatic heterocycles. The molecule has 1 atom stereocenters. The van der Waals surface area contributed by atoms with E-state index in [0.717, 1.165) is 18.7 Å². The topological polar surface area (TPSA) is 28.3 Å². The van der Waals surface area contributed by atoms with E-state index in [-0.39, 0.29) is 0 Å². The lowest BCUT2D eigenvalue weighted by Crippen LogP contribution is -2.30. The minimum atomic E-state index is 0.470. The molecular weight excluding hydrogens is 212 g/mol. The van der Waals surface area contributed by atoms with Crippen LogP contribution in [0.3, 0.4) is 0 Å². The number of rotatable bonds is 1. The molecule has 0 spiro atoms. The first kappa shape index (κ1) is 10.7. The highest BCUT2D eigenvalue weighted by Gasteiger charge is 2.24. The Morgan fingerprint density at radius 3 is 3.00 bits per heavy atom. The number of hydrogen-bond acceptors (Lipinski definition) is 2. The van der Waals surface area contributed by atoms with Crippen molar-refractivity contribution in [2.24, 2.45) is 0 Å². The highest BCUT2D eigenvalue weighted by molar-refractivity contribution is 5.86. The maximum atomic E-state index is 5.27. The predicted molar refractivity (Wildman–Crippen MR) is 69.6 cm³/mol. The second kappa shape index (κ2) is 3.77. The number of methoxy groups -OCH3 is 1. The van der Waals surface area contributed by atoms with Crippen molar-refractivity contribution in [2.45, 2.75) is 19.4 Å². The van der Waals surface area contributed by atoms with E-state index in [1.54, 1.807) is 7.11 Å². The summed E-state index contributed by atoms with van der Waals surface area (Å²) >= 11 is 0. The van der Waals surface area contributed by atoms with E-state index in [4.69, 9.17) is 4.74 Å². The van der Waals surface area contributed by atoms with Crippen molar-refractivity contribution < 1.29 is 4.74 Å². The largest absolute Gasteiger partial charge is 0.497 e. The number of aromatic amines is 1. The van der Waals surface area contributed by atoms with Gasteiger partial charge in [0, 0.05) is 35.2 Å². The van der Waals surface area contributed by atoms with Crippen molar-refractivity contribution in [2.75, 3.05) is 20.7 Å². The van der Waals surface area contributed by atoms with Gasteiger partial charge in [0.2, 0.25) is 0 Å². The van der Waals surface area contributed by atoms with Gasteiger partial charge in [-0.15, -0.1) is 0 Å². The average molecular weight is 230 g/mol. The van der Waals surface area contributed by atoms with E-state index in [2.05, 4.69) is 36.0 Å². The number of nitrogens with zero attached hydrogens (tertiary/aromatic N) is 1. The smallest absolute Gasteiger partial charge is 0.120 e. The Morgan fingerprint density at radius 2 is 2.24 bits per heavy atom. The van der Waals surface area contributed by atoms with Crippen LogP contribution in [0.5, 0.6) is 5.75 Å². The molecule has 0 saturated heterocycles. The molecule has 1 aliphatic heterocycles. The first-order chi connectivity index (χ1) is 8.20. The van der Waals surface area contributed by atoms with Gasteiger partial charge in [0.05, 0.1) is 7.11 Å². The van der Waals surface area contributed by atoms with Gasteiger partial charge in [-0.25, -0.2) is 0 Å². The minimum Gasteiger partial charge on any atom is -0.497 e. The number of H-pyrrole nitrogens is 1. The van der Waals surface area contributed by atoms with Crippen LogP contribution in [0.4, 0.5) is 0 Å². The van der Waals surface area contributed by atoms with E-state index >= 15 is 0 Å². The SMILES string of the molecule is COc1ccc2c3c([nH]c2c1)C(C)N(C)CC3. The van der Waals surface area contributed by atoms with Crippen molar-refractivity contribution in [3.05, 3.63) is 29.5 Å². The summed E-state index contributed by atoms with van der Waals surface area (Å²) in [5.41, 5.74) is 4.03. The van der Waals surface area contributed by atoms with Crippen LogP contribution in [0, 0.1) is 0 Å². The van der Waals surface area contributed by atoms with E-state index in [1.807, 2.05) is 6.07 Å². The quantitative estimate of drug-likeness (QED) is 0.816. The van der Waals surface area contributed by atoms with Gasteiger partial charge in [-0.2, -0.15) is 0 Å². The molecule has 1 N–H and O–H groups in total. The molecule has 0 fully saturated rings. The molecule has 3 heteroatoms. The van der Waals surface area contributed by atoms with E-state index in [0.29, 0.717) is 6.04 Å². The Morgan fingerprint density at radius 1 is 1.41 bits per heavy atom. The molecule has 1 aliphatic rings. The molecule has 17 heavy (non-hydrogen) atoms. The first-order valence-corrected chi connectivity index (χ1v) is 6.09. The van der Waals surface area contributed by atoms with E-state index in [9.17, 15) is 0 Å². The Bertz CT molecular complexity index is 559. The summed E-state index contributed by atoms with van der Waals surface area (Å²) in [6.07, 6.45) is 1.13. The fourth-order valence-corrected chi connectivity index (χ4v) is 2.71. The molecular formula is C14H18N2O. The molecule has 1 unspecified atom stereocenters. The lowest BCUT2D eigenvalue weighted by molar-refractivity contribution is 0.244. The number of fused-ring (bicyclic) bond motifs is 3. The number of nitrogens with one attached hydrogen (secondary N) is 1. The molecule has 2 heterocycles. The average Bonchev–Trinajstić information content (AvgIpc) is 2.72. The van der Waals surface area contributed by atoms with Crippen LogP contribution in [0.15, 0.2) is 18.2 Å². The fraction of sp³-hybridized carbons (Fsp3) is 0.429. The summed E-state index contributed by atoms with van der Waals surface area (Å²) in [6, 6.07) is 6.76. The summed E-state index contributed by atoms with van der Waals surface area (Å²) in [6.45, 7) is 3.39. The van der Waals surface area contributed by atoms with Gasteiger partial charge in [-0.3, -0.25) is 4.90 Å². The molecule has 0 aliphatic carbocycles. The summed E-state index contributed by atoms with van der Waals surface area (Å²) in [4.78, 5) is 5.93. The van der Waals surface area contributed by atoms with Crippen LogP contribution in [0.2, 0.25) is 0 Å². The molecule has 0 amide bonds. The fourth-order valence-electron chi connectivity index (χ4n) is 2.71. The van der Waals surface area contributed by atoms with Crippen molar-refractivity contribution in [3.8, 4) is 5.75 Å². The van der Waals surface area contributed by atoms with Crippen LogP contribution < -0.4 is 4.74 Å². The summed E-state index contributed by atoms with van der Waals surface area (Å²) in [5, 5.41) is 1.35. The maximum absolute atomic E-state index is 5.27. The van der Waals surface area contributed by atoms with Gasteiger partial charge in [0.1, 0.15) is 5.75 Å². The van der Waals surface area contributed by atoms with Gasteiger partial charge >= 0.3 is 0 Å². The predicted octanol–water partition coefficient (Wildman–Crippen LogP) is 2.73. The maximum Gasteiger partial charge on any atom is 0.120 e. The van der Waals surface area contributed by atoms with Gasteiger partial charge in [0.25, 0.3) is 0 Å². The third-order valence-electron chi connectivity index (χ3n) is 3.94. The van der Waals surface area contributed by atoms with Gasteiger partial charge < -0.3 is 9.72 Å². The molecule has 0 radical (unpaired) electrons. The number of aromatic nitrogens is 1. The van der Waals surface area contributed by atoms with Crippen LogP contribution in [0.1, 0.15) is 24.2 Å². The summed E-state index contributed by atoms with van der Waals surface area (Å²) < 4.78 is 5.27.